The second-order valence-corrected chi connectivity index (χ2v) is 2.91. The van der Waals surface area contributed by atoms with Crippen LogP contribution in [0, 0.1) is 0 Å². The Morgan fingerprint density at radius 3 is 2.73 bits per heavy atom. The Bertz CT molecular complexity index is 382. The summed E-state index contributed by atoms with van der Waals surface area (Å²) in [5.41, 5.74) is 0.632. The number of esters is 1. The van der Waals surface area contributed by atoms with Crippen molar-refractivity contribution in [3.8, 4) is 5.75 Å². The van der Waals surface area contributed by atoms with E-state index in [2.05, 4.69) is 4.74 Å². The van der Waals surface area contributed by atoms with Crippen LogP contribution in [0.3, 0.4) is 0 Å². The summed E-state index contributed by atoms with van der Waals surface area (Å²) in [7, 11) is 1.19. The summed E-state index contributed by atoms with van der Waals surface area (Å²) in [4.78, 5) is 10.8. The molecule has 0 radical (unpaired) electrons. The zero-order valence-corrected chi connectivity index (χ0v) is 8.30. The van der Waals surface area contributed by atoms with Gasteiger partial charge in [0, 0.05) is 0 Å². The summed E-state index contributed by atoms with van der Waals surface area (Å²) in [6.45, 7) is 0. The lowest BCUT2D eigenvalue weighted by Crippen LogP contribution is -2.04. The normalized spacial score (nSPS) is 11.1. The molecule has 0 aliphatic carbocycles. The topological polar surface area (TPSA) is 66.8 Å². The molecule has 0 amide bonds. The molecule has 0 aromatic heterocycles. The van der Waals surface area contributed by atoms with E-state index in [1.165, 1.54) is 13.2 Å². The number of methoxy groups -OCH3 is 1. The highest BCUT2D eigenvalue weighted by atomic mass is 16.5. The van der Waals surface area contributed by atoms with Crippen LogP contribution in [0.5, 0.6) is 5.75 Å². The second kappa shape index (κ2) is 5.05. The van der Waals surface area contributed by atoms with Crippen molar-refractivity contribution in [3.63, 3.8) is 0 Å². The third-order valence-electron chi connectivity index (χ3n) is 1.90. The highest BCUT2D eigenvalue weighted by Crippen LogP contribution is 2.16. The van der Waals surface area contributed by atoms with E-state index in [9.17, 15) is 15.0 Å². The van der Waals surface area contributed by atoms with Crippen LogP contribution in [0.2, 0.25) is 0 Å². The molecule has 1 rings (SSSR count). The number of ether oxygens (including phenoxy) is 1. The molecule has 4 nitrogen and oxygen atoms in total. The van der Waals surface area contributed by atoms with Crippen LogP contribution in [0.4, 0.5) is 0 Å². The van der Waals surface area contributed by atoms with Crippen LogP contribution in [0.25, 0.3) is 0 Å². The number of phenols is 1. The van der Waals surface area contributed by atoms with Crippen molar-refractivity contribution < 1.29 is 19.7 Å². The number of aromatic hydroxyl groups is 1. The monoisotopic (exact) mass is 208 g/mol. The highest BCUT2D eigenvalue weighted by molar-refractivity contribution is 5.85. The van der Waals surface area contributed by atoms with Gasteiger partial charge in [-0.05, 0) is 24.1 Å². The van der Waals surface area contributed by atoms with Crippen molar-refractivity contribution in [1.82, 2.24) is 0 Å². The van der Waals surface area contributed by atoms with Crippen LogP contribution < -0.4 is 0 Å². The van der Waals surface area contributed by atoms with E-state index in [-0.39, 0.29) is 12.2 Å². The number of carbonyl (C=O) groups excluding carboxylic acids is 1. The first kappa shape index (κ1) is 11.1. The van der Waals surface area contributed by atoms with Gasteiger partial charge in [-0.2, -0.15) is 0 Å². The molecule has 0 unspecified atom stereocenters. The fourth-order valence-corrected chi connectivity index (χ4v) is 1.08. The molecule has 4 heteroatoms. The molecule has 0 spiro atoms. The van der Waals surface area contributed by atoms with E-state index in [0.717, 1.165) is 0 Å². The van der Waals surface area contributed by atoms with Gasteiger partial charge in [-0.1, -0.05) is 18.2 Å². The maximum absolute atomic E-state index is 10.8. The van der Waals surface area contributed by atoms with Gasteiger partial charge in [-0.15, -0.1) is 0 Å². The first-order chi connectivity index (χ1) is 7.15. The molecule has 0 saturated heterocycles. The molecule has 1 aromatic rings. The quantitative estimate of drug-likeness (QED) is 0.449. The molecule has 2 N–H and O–H groups in total. The van der Waals surface area contributed by atoms with Gasteiger partial charge in [-0.3, -0.25) is 0 Å². The van der Waals surface area contributed by atoms with Gasteiger partial charge >= 0.3 is 5.97 Å². The maximum Gasteiger partial charge on any atom is 0.372 e. The predicted molar refractivity (Wildman–Crippen MR) is 54.5 cm³/mol. The lowest BCUT2D eigenvalue weighted by atomic mass is 10.1. The van der Waals surface area contributed by atoms with E-state index in [0.29, 0.717) is 5.56 Å². The van der Waals surface area contributed by atoms with Gasteiger partial charge in [0.25, 0.3) is 0 Å². The molecule has 0 aliphatic rings. The fraction of sp³-hybridized carbons (Fsp3) is 0.182. The summed E-state index contributed by atoms with van der Waals surface area (Å²) in [5, 5.41) is 18.6. The summed E-state index contributed by atoms with van der Waals surface area (Å²) in [6, 6.07) is 6.70. The Labute approximate surface area is 87.4 Å². The number of aliphatic hydroxyl groups is 1. The number of benzene rings is 1. The van der Waals surface area contributed by atoms with E-state index >= 15 is 0 Å². The standard InChI is InChI=1S/C11H12O4/c1-15-11(14)10(13)7-6-8-4-2-3-5-9(8)12/h2-5,7,12-13H,6H2,1H3. The molecule has 0 fully saturated rings. The van der Waals surface area contributed by atoms with Gasteiger partial charge in [0.15, 0.2) is 5.76 Å². The van der Waals surface area contributed by atoms with Crippen LogP contribution in [0.1, 0.15) is 5.56 Å². The Balaban J connectivity index is 2.72. The molecule has 0 bridgehead atoms. The average Bonchev–Trinajstić information content (AvgIpc) is 2.26. The number of para-hydroxylation sites is 1. The van der Waals surface area contributed by atoms with Crippen LogP contribution in [0.15, 0.2) is 36.1 Å². The SMILES string of the molecule is COC(=O)C(O)=CCc1ccccc1O. The smallest absolute Gasteiger partial charge is 0.372 e. The van der Waals surface area contributed by atoms with E-state index in [1.807, 2.05) is 0 Å². The fourth-order valence-electron chi connectivity index (χ4n) is 1.08. The molecule has 1 aromatic carbocycles. The van der Waals surface area contributed by atoms with Crippen molar-refractivity contribution in [1.29, 1.82) is 0 Å². The molecular formula is C11H12O4. The van der Waals surface area contributed by atoms with E-state index in [1.54, 1.807) is 24.3 Å². The first-order valence-electron chi connectivity index (χ1n) is 4.39. The van der Waals surface area contributed by atoms with Crippen LogP contribution in [-0.4, -0.2) is 23.3 Å². The zero-order valence-electron chi connectivity index (χ0n) is 8.30. The number of allylic oxidation sites excluding steroid dienone is 1. The molecule has 0 saturated carbocycles. The Hall–Kier alpha value is -1.97. The number of aliphatic hydroxyl groups excluding tert-OH is 1. The minimum atomic E-state index is -0.787. The minimum Gasteiger partial charge on any atom is -0.508 e. The van der Waals surface area contributed by atoms with Gasteiger partial charge in [0.05, 0.1) is 7.11 Å². The lowest BCUT2D eigenvalue weighted by Gasteiger charge is -2.01. The Morgan fingerprint density at radius 2 is 2.13 bits per heavy atom. The third kappa shape index (κ3) is 3.02. The van der Waals surface area contributed by atoms with Gasteiger partial charge in [-0.25, -0.2) is 4.79 Å². The third-order valence-corrected chi connectivity index (χ3v) is 1.90. The second-order valence-electron chi connectivity index (χ2n) is 2.91. The maximum atomic E-state index is 10.8. The number of hydrogen-bond donors (Lipinski definition) is 2. The van der Waals surface area contributed by atoms with Crippen molar-refractivity contribution in [2.75, 3.05) is 7.11 Å². The van der Waals surface area contributed by atoms with E-state index < -0.39 is 11.7 Å². The number of rotatable bonds is 3. The Morgan fingerprint density at radius 1 is 1.47 bits per heavy atom. The molecule has 0 atom stereocenters. The molecular weight excluding hydrogens is 196 g/mol. The molecule has 15 heavy (non-hydrogen) atoms. The first-order valence-corrected chi connectivity index (χ1v) is 4.39. The van der Waals surface area contributed by atoms with Crippen molar-refractivity contribution in [3.05, 3.63) is 41.7 Å². The number of carbonyl (C=O) groups is 1. The number of hydrogen-bond acceptors (Lipinski definition) is 4. The highest BCUT2D eigenvalue weighted by Gasteiger charge is 2.06. The van der Waals surface area contributed by atoms with Crippen molar-refractivity contribution in [2.24, 2.45) is 0 Å². The predicted octanol–water partition coefficient (Wildman–Crippen LogP) is 1.55. The summed E-state index contributed by atoms with van der Waals surface area (Å²) < 4.78 is 4.31. The summed E-state index contributed by atoms with van der Waals surface area (Å²) in [5.74, 6) is -1.11. The van der Waals surface area contributed by atoms with Crippen molar-refractivity contribution >= 4 is 5.97 Å². The van der Waals surface area contributed by atoms with Gasteiger partial charge in [0.1, 0.15) is 5.75 Å². The van der Waals surface area contributed by atoms with Gasteiger partial charge in [0.2, 0.25) is 0 Å². The van der Waals surface area contributed by atoms with Crippen molar-refractivity contribution in [2.45, 2.75) is 6.42 Å². The number of phenolic OH excluding ortho intramolecular Hbond substituents is 1. The van der Waals surface area contributed by atoms with Crippen LogP contribution >= 0.6 is 0 Å². The lowest BCUT2D eigenvalue weighted by molar-refractivity contribution is -0.139. The Kier molecular flexibility index (Phi) is 3.74. The summed E-state index contributed by atoms with van der Waals surface area (Å²) in [6.07, 6.45) is 1.56. The zero-order chi connectivity index (χ0) is 11.3. The largest absolute Gasteiger partial charge is 0.508 e. The van der Waals surface area contributed by atoms with Gasteiger partial charge < -0.3 is 14.9 Å². The molecule has 0 heterocycles. The minimum absolute atomic E-state index is 0.131. The molecule has 0 aliphatic heterocycles. The summed E-state index contributed by atoms with van der Waals surface area (Å²) >= 11 is 0. The average molecular weight is 208 g/mol. The van der Waals surface area contributed by atoms with Crippen LogP contribution in [-0.2, 0) is 16.0 Å². The van der Waals surface area contributed by atoms with E-state index in [4.69, 9.17) is 0 Å². The molecule has 80 valence electrons.